The second kappa shape index (κ2) is 5.18. The third-order valence-corrected chi connectivity index (χ3v) is 3.38. The summed E-state index contributed by atoms with van der Waals surface area (Å²) in [6.45, 7) is 0. The van der Waals surface area contributed by atoms with Crippen molar-refractivity contribution in [3.05, 3.63) is 52.8 Å². The molecule has 0 radical (unpaired) electrons. The molecule has 3 rings (SSSR count). The van der Waals surface area contributed by atoms with Crippen molar-refractivity contribution in [3.63, 3.8) is 0 Å². The number of imidazole rings is 1. The summed E-state index contributed by atoms with van der Waals surface area (Å²) in [5.41, 5.74) is 1.66. The van der Waals surface area contributed by atoms with Crippen LogP contribution in [-0.2, 0) is 4.74 Å². The number of H-pyrrole nitrogens is 1. The number of nitrogens with one attached hydrogen (secondary N) is 1. The van der Waals surface area contributed by atoms with Gasteiger partial charge in [-0.25, -0.2) is 14.2 Å². The molecule has 0 aliphatic rings. The summed E-state index contributed by atoms with van der Waals surface area (Å²) < 4.78 is 18.5. The fourth-order valence-electron chi connectivity index (χ4n) is 2.09. The van der Waals surface area contributed by atoms with Crippen LogP contribution in [0.5, 0.6) is 0 Å². The Morgan fingerprint density at radius 1 is 1.33 bits per heavy atom. The van der Waals surface area contributed by atoms with Crippen LogP contribution in [0.3, 0.4) is 0 Å². The second-order valence-corrected chi connectivity index (χ2v) is 4.82. The minimum Gasteiger partial charge on any atom is -0.465 e. The zero-order chi connectivity index (χ0) is 15.0. The Labute approximate surface area is 124 Å². The lowest BCUT2D eigenvalue weighted by atomic mass is 10.2. The molecule has 4 nitrogen and oxygen atoms in total. The van der Waals surface area contributed by atoms with E-state index in [0.717, 1.165) is 0 Å². The van der Waals surface area contributed by atoms with Crippen molar-refractivity contribution in [1.29, 1.82) is 0 Å². The number of benzene rings is 2. The highest BCUT2D eigenvalue weighted by atomic mass is 35.5. The molecule has 2 aromatic carbocycles. The van der Waals surface area contributed by atoms with E-state index in [4.69, 9.17) is 11.6 Å². The number of halogens is 2. The summed E-state index contributed by atoms with van der Waals surface area (Å²) in [5, 5.41) is 0.298. The van der Waals surface area contributed by atoms with Gasteiger partial charge in [0.05, 0.1) is 28.8 Å². The van der Waals surface area contributed by atoms with E-state index in [1.807, 2.05) is 0 Å². The number of ether oxygens (including phenoxy) is 1. The maximum absolute atomic E-state index is 13.8. The molecule has 0 aliphatic carbocycles. The van der Waals surface area contributed by atoms with E-state index in [1.165, 1.54) is 19.2 Å². The molecule has 0 aliphatic heterocycles. The molecule has 0 saturated heterocycles. The summed E-state index contributed by atoms with van der Waals surface area (Å²) in [5.74, 6) is -0.534. The largest absolute Gasteiger partial charge is 0.465 e. The molecular formula is C15H10ClFN2O2. The topological polar surface area (TPSA) is 55.0 Å². The summed E-state index contributed by atoms with van der Waals surface area (Å²) in [6, 6.07) is 9.33. The summed E-state index contributed by atoms with van der Waals surface area (Å²) in [7, 11) is 1.29. The molecule has 106 valence electrons. The van der Waals surface area contributed by atoms with E-state index in [-0.39, 0.29) is 5.82 Å². The first-order valence-corrected chi connectivity index (χ1v) is 6.50. The summed E-state index contributed by atoms with van der Waals surface area (Å²) in [4.78, 5) is 18.8. The third kappa shape index (κ3) is 2.36. The molecule has 21 heavy (non-hydrogen) atoms. The number of carbonyl (C=O) groups excluding carboxylic acids is 1. The van der Waals surface area contributed by atoms with Crippen molar-refractivity contribution in [2.75, 3.05) is 7.11 Å². The maximum Gasteiger partial charge on any atom is 0.337 e. The van der Waals surface area contributed by atoms with Gasteiger partial charge in [0, 0.05) is 0 Å². The molecule has 0 atom stereocenters. The standard InChI is InChI=1S/C15H10ClFN2O2/c1-21-15(20)8-6-10(16)13-12(7-8)18-14(19-13)9-4-2-3-5-11(9)17/h2-7H,1H3,(H,18,19). The Morgan fingerprint density at radius 3 is 2.81 bits per heavy atom. The van der Waals surface area contributed by atoms with E-state index in [2.05, 4.69) is 14.7 Å². The monoisotopic (exact) mass is 304 g/mol. The van der Waals surface area contributed by atoms with E-state index >= 15 is 0 Å². The minimum absolute atomic E-state index is 0.298. The highest BCUT2D eigenvalue weighted by Crippen LogP contribution is 2.28. The number of esters is 1. The molecular weight excluding hydrogens is 295 g/mol. The van der Waals surface area contributed by atoms with Gasteiger partial charge in [0.2, 0.25) is 0 Å². The van der Waals surface area contributed by atoms with Gasteiger partial charge in [0.1, 0.15) is 17.2 Å². The van der Waals surface area contributed by atoms with Crippen molar-refractivity contribution in [3.8, 4) is 11.4 Å². The molecule has 0 unspecified atom stereocenters. The first-order valence-electron chi connectivity index (χ1n) is 6.12. The van der Waals surface area contributed by atoms with Gasteiger partial charge in [-0.15, -0.1) is 0 Å². The lowest BCUT2D eigenvalue weighted by Gasteiger charge is -1.99. The number of hydrogen-bond donors (Lipinski definition) is 1. The predicted octanol–water partition coefficient (Wildman–Crippen LogP) is 3.81. The maximum atomic E-state index is 13.8. The van der Waals surface area contributed by atoms with Crippen LogP contribution in [-0.4, -0.2) is 23.0 Å². The Kier molecular flexibility index (Phi) is 3.35. The fraction of sp³-hybridized carbons (Fsp3) is 0.0667. The molecule has 1 heterocycles. The highest BCUT2D eigenvalue weighted by Gasteiger charge is 2.15. The van der Waals surface area contributed by atoms with E-state index in [1.54, 1.807) is 24.3 Å². The van der Waals surface area contributed by atoms with Crippen LogP contribution >= 0.6 is 11.6 Å². The van der Waals surface area contributed by atoms with Gasteiger partial charge >= 0.3 is 5.97 Å². The molecule has 0 bridgehead atoms. The van der Waals surface area contributed by atoms with Gasteiger partial charge in [-0.2, -0.15) is 0 Å². The Hall–Kier alpha value is -2.40. The molecule has 0 amide bonds. The number of aromatic nitrogens is 2. The van der Waals surface area contributed by atoms with Gasteiger partial charge in [-0.05, 0) is 24.3 Å². The molecule has 0 fully saturated rings. The number of aromatic amines is 1. The average Bonchev–Trinajstić information content (AvgIpc) is 2.91. The minimum atomic E-state index is -0.499. The molecule has 0 spiro atoms. The van der Waals surface area contributed by atoms with E-state index in [9.17, 15) is 9.18 Å². The smallest absolute Gasteiger partial charge is 0.337 e. The predicted molar refractivity (Wildman–Crippen MR) is 77.8 cm³/mol. The van der Waals surface area contributed by atoms with Crippen molar-refractivity contribution >= 4 is 28.6 Å². The molecule has 0 saturated carbocycles. The number of carbonyl (C=O) groups is 1. The highest BCUT2D eigenvalue weighted by molar-refractivity contribution is 6.35. The Morgan fingerprint density at radius 2 is 2.10 bits per heavy atom. The van der Waals surface area contributed by atoms with Crippen LogP contribution in [0.1, 0.15) is 10.4 Å². The number of methoxy groups -OCH3 is 1. The molecule has 1 N–H and O–H groups in total. The quantitative estimate of drug-likeness (QED) is 0.732. The van der Waals surface area contributed by atoms with Gasteiger partial charge in [-0.3, -0.25) is 0 Å². The Balaban J connectivity index is 2.19. The first-order chi connectivity index (χ1) is 10.1. The Bertz CT molecular complexity index is 845. The van der Waals surface area contributed by atoms with Crippen molar-refractivity contribution in [2.45, 2.75) is 0 Å². The van der Waals surface area contributed by atoms with Gasteiger partial charge in [0.25, 0.3) is 0 Å². The zero-order valence-corrected chi connectivity index (χ0v) is 11.7. The van der Waals surface area contributed by atoms with Crippen molar-refractivity contribution in [2.24, 2.45) is 0 Å². The number of nitrogens with zero attached hydrogens (tertiary/aromatic N) is 1. The number of fused-ring (bicyclic) bond motifs is 1. The lowest BCUT2D eigenvalue weighted by molar-refractivity contribution is 0.0601. The van der Waals surface area contributed by atoms with Crippen LogP contribution in [0.15, 0.2) is 36.4 Å². The average molecular weight is 305 g/mol. The number of hydrogen-bond acceptors (Lipinski definition) is 3. The second-order valence-electron chi connectivity index (χ2n) is 4.41. The summed E-state index contributed by atoms with van der Waals surface area (Å²) in [6.07, 6.45) is 0. The SMILES string of the molecule is COC(=O)c1cc(Cl)c2nc(-c3ccccc3F)[nH]c2c1. The van der Waals surface area contributed by atoms with Crippen molar-refractivity contribution < 1.29 is 13.9 Å². The normalized spacial score (nSPS) is 10.8. The molecule has 6 heteroatoms. The van der Waals surface area contributed by atoms with Crippen LogP contribution in [0.25, 0.3) is 22.4 Å². The van der Waals surface area contributed by atoms with E-state index < -0.39 is 5.97 Å². The van der Waals surface area contributed by atoms with Gasteiger partial charge < -0.3 is 9.72 Å². The van der Waals surface area contributed by atoms with E-state index in [0.29, 0.717) is 33.0 Å². The van der Waals surface area contributed by atoms with Crippen molar-refractivity contribution in [1.82, 2.24) is 9.97 Å². The van der Waals surface area contributed by atoms with Crippen LogP contribution in [0.2, 0.25) is 5.02 Å². The van der Waals surface area contributed by atoms with Gasteiger partial charge in [-0.1, -0.05) is 23.7 Å². The molecule has 3 aromatic rings. The first kappa shape index (κ1) is 13.6. The summed E-state index contributed by atoms with van der Waals surface area (Å²) >= 11 is 6.12. The lowest BCUT2D eigenvalue weighted by Crippen LogP contribution is -2.00. The van der Waals surface area contributed by atoms with Gasteiger partial charge in [0.15, 0.2) is 0 Å². The van der Waals surface area contributed by atoms with Crippen LogP contribution < -0.4 is 0 Å². The third-order valence-electron chi connectivity index (χ3n) is 3.09. The molecule has 1 aromatic heterocycles. The number of rotatable bonds is 2. The zero-order valence-electron chi connectivity index (χ0n) is 11.0. The van der Waals surface area contributed by atoms with Crippen LogP contribution in [0, 0.1) is 5.82 Å². The fourth-order valence-corrected chi connectivity index (χ4v) is 2.35. The van der Waals surface area contributed by atoms with Crippen LogP contribution in [0.4, 0.5) is 4.39 Å².